The maximum Gasteiger partial charge on any atom is 0.337 e. The van der Waals surface area contributed by atoms with Crippen molar-refractivity contribution in [1.82, 2.24) is 0 Å². The number of aromatic hydroxyl groups is 1. The molecule has 0 aliphatic rings. The highest BCUT2D eigenvalue weighted by atomic mass is 16.4. The molecule has 21 heavy (non-hydrogen) atoms. The number of nitrogens with one attached hydrogen (secondary N) is 1. The zero-order valence-electron chi connectivity index (χ0n) is 11.7. The van der Waals surface area contributed by atoms with Gasteiger partial charge >= 0.3 is 5.97 Å². The first kappa shape index (κ1) is 14.6. The molecule has 0 saturated heterocycles. The number of carbonyl (C=O) groups excluding carboxylic acids is 1. The van der Waals surface area contributed by atoms with E-state index in [-0.39, 0.29) is 22.6 Å². The van der Waals surface area contributed by atoms with Crippen molar-refractivity contribution in [1.29, 1.82) is 0 Å². The fourth-order valence-electron chi connectivity index (χ4n) is 2.03. The first-order valence-electron chi connectivity index (χ1n) is 6.34. The third kappa shape index (κ3) is 2.86. The molecule has 0 atom stereocenters. The van der Waals surface area contributed by atoms with Crippen LogP contribution in [0.4, 0.5) is 5.69 Å². The maximum atomic E-state index is 12.3. The van der Waals surface area contributed by atoms with Gasteiger partial charge in [0.05, 0.1) is 16.8 Å². The number of hydrogen-bond acceptors (Lipinski definition) is 3. The average Bonchev–Trinajstić information content (AvgIpc) is 2.43. The van der Waals surface area contributed by atoms with Gasteiger partial charge in [0.2, 0.25) is 0 Å². The number of hydrogen-bond donors (Lipinski definition) is 3. The molecule has 0 heterocycles. The Bertz CT molecular complexity index is 722. The van der Waals surface area contributed by atoms with Gasteiger partial charge in [0.1, 0.15) is 5.75 Å². The molecule has 0 bridgehead atoms. The first-order chi connectivity index (χ1) is 9.91. The summed E-state index contributed by atoms with van der Waals surface area (Å²) < 4.78 is 0. The number of carbonyl (C=O) groups is 2. The fraction of sp³-hybridized carbons (Fsp3) is 0.125. The van der Waals surface area contributed by atoms with E-state index in [9.17, 15) is 19.8 Å². The molecule has 0 fully saturated rings. The minimum atomic E-state index is -1.12. The van der Waals surface area contributed by atoms with Crippen molar-refractivity contribution in [3.05, 3.63) is 58.7 Å². The molecule has 0 radical (unpaired) electrons. The van der Waals surface area contributed by atoms with E-state index in [0.29, 0.717) is 11.1 Å². The first-order valence-corrected chi connectivity index (χ1v) is 6.34. The molecule has 2 aromatic rings. The predicted octanol–water partition coefficient (Wildman–Crippen LogP) is 2.96. The Kier molecular flexibility index (Phi) is 3.93. The van der Waals surface area contributed by atoms with Gasteiger partial charge in [0, 0.05) is 0 Å². The molecule has 1 amide bonds. The lowest BCUT2D eigenvalue weighted by Crippen LogP contribution is -2.16. The van der Waals surface area contributed by atoms with Crippen LogP contribution in [-0.4, -0.2) is 22.1 Å². The minimum Gasteiger partial charge on any atom is -0.507 e. The molecule has 0 unspecified atom stereocenters. The number of aromatic carboxylic acids is 1. The number of para-hydroxylation sites is 2. The second-order valence-corrected chi connectivity index (χ2v) is 4.73. The number of amides is 1. The highest BCUT2D eigenvalue weighted by Gasteiger charge is 2.17. The third-order valence-corrected chi connectivity index (χ3v) is 3.22. The summed E-state index contributed by atoms with van der Waals surface area (Å²) in [5, 5.41) is 21.7. The van der Waals surface area contributed by atoms with Gasteiger partial charge in [-0.25, -0.2) is 4.79 Å². The van der Waals surface area contributed by atoms with E-state index in [2.05, 4.69) is 5.32 Å². The van der Waals surface area contributed by atoms with Crippen LogP contribution < -0.4 is 5.32 Å². The molecule has 0 spiro atoms. The Labute approximate surface area is 121 Å². The predicted molar refractivity (Wildman–Crippen MR) is 78.9 cm³/mol. The van der Waals surface area contributed by atoms with Crippen molar-refractivity contribution in [2.45, 2.75) is 13.8 Å². The molecule has 2 aromatic carbocycles. The summed E-state index contributed by atoms with van der Waals surface area (Å²) in [6, 6.07) is 9.55. The minimum absolute atomic E-state index is 0.00972. The van der Waals surface area contributed by atoms with Crippen LogP contribution in [-0.2, 0) is 0 Å². The Morgan fingerprint density at radius 3 is 2.14 bits per heavy atom. The van der Waals surface area contributed by atoms with Gasteiger partial charge in [-0.3, -0.25) is 4.79 Å². The summed E-state index contributed by atoms with van der Waals surface area (Å²) in [4.78, 5) is 23.5. The van der Waals surface area contributed by atoms with Crippen LogP contribution in [0.1, 0.15) is 31.8 Å². The zero-order valence-corrected chi connectivity index (χ0v) is 11.7. The Morgan fingerprint density at radius 1 is 0.952 bits per heavy atom. The second kappa shape index (κ2) is 5.66. The molecule has 5 nitrogen and oxygen atoms in total. The van der Waals surface area contributed by atoms with E-state index in [4.69, 9.17) is 0 Å². The summed E-state index contributed by atoms with van der Waals surface area (Å²) in [5.74, 6) is -1.78. The van der Waals surface area contributed by atoms with Crippen LogP contribution in [0.2, 0.25) is 0 Å². The molecule has 2 rings (SSSR count). The lowest BCUT2D eigenvalue weighted by molar-refractivity contribution is 0.0698. The van der Waals surface area contributed by atoms with Crippen molar-refractivity contribution in [2.24, 2.45) is 0 Å². The molecule has 0 aliphatic carbocycles. The smallest absolute Gasteiger partial charge is 0.337 e. The lowest BCUT2D eigenvalue weighted by atomic mass is 10.1. The molecule has 0 aromatic heterocycles. The normalized spacial score (nSPS) is 10.2. The fourth-order valence-corrected chi connectivity index (χ4v) is 2.03. The molecule has 3 N–H and O–H groups in total. The van der Waals surface area contributed by atoms with E-state index >= 15 is 0 Å². The summed E-state index contributed by atoms with van der Waals surface area (Å²) in [6.07, 6.45) is 0. The van der Waals surface area contributed by atoms with Gasteiger partial charge in [-0.1, -0.05) is 24.3 Å². The van der Waals surface area contributed by atoms with Crippen LogP contribution in [0.25, 0.3) is 0 Å². The van der Waals surface area contributed by atoms with Gasteiger partial charge in [-0.05, 0) is 37.1 Å². The summed E-state index contributed by atoms with van der Waals surface area (Å²) >= 11 is 0. The number of rotatable bonds is 3. The van der Waals surface area contributed by atoms with Crippen LogP contribution in [0.5, 0.6) is 5.75 Å². The van der Waals surface area contributed by atoms with E-state index in [1.54, 1.807) is 38.1 Å². The third-order valence-electron chi connectivity index (χ3n) is 3.22. The van der Waals surface area contributed by atoms with Gasteiger partial charge in [0.15, 0.2) is 0 Å². The summed E-state index contributed by atoms with van der Waals surface area (Å²) in [6.45, 7) is 3.39. The quantitative estimate of drug-likeness (QED) is 0.809. The zero-order chi connectivity index (χ0) is 15.6. The number of benzene rings is 2. The van der Waals surface area contributed by atoms with E-state index in [1.807, 2.05) is 0 Å². The molecule has 5 heteroatoms. The maximum absolute atomic E-state index is 12.3. The van der Waals surface area contributed by atoms with Crippen LogP contribution in [0.15, 0.2) is 36.4 Å². The number of carboxylic acids is 1. The Hall–Kier alpha value is -2.82. The molecule has 0 saturated carbocycles. The SMILES string of the molecule is Cc1cccc(C(=O)Nc2c(C)cccc2C(=O)O)c1O. The van der Waals surface area contributed by atoms with Crippen molar-refractivity contribution < 1.29 is 19.8 Å². The number of phenols is 1. The van der Waals surface area contributed by atoms with Crippen LogP contribution in [0.3, 0.4) is 0 Å². The summed E-state index contributed by atoms with van der Waals surface area (Å²) in [7, 11) is 0. The number of anilines is 1. The highest BCUT2D eigenvalue weighted by Crippen LogP contribution is 2.25. The van der Waals surface area contributed by atoms with Gasteiger partial charge in [-0.2, -0.15) is 0 Å². The van der Waals surface area contributed by atoms with Gasteiger partial charge in [0.25, 0.3) is 5.91 Å². The monoisotopic (exact) mass is 285 g/mol. The molecular formula is C16H15NO4. The van der Waals surface area contributed by atoms with Crippen molar-refractivity contribution >= 4 is 17.6 Å². The van der Waals surface area contributed by atoms with E-state index < -0.39 is 11.9 Å². The number of carboxylic acid groups (broad SMARTS) is 1. The van der Waals surface area contributed by atoms with Crippen molar-refractivity contribution in [2.75, 3.05) is 5.32 Å². The lowest BCUT2D eigenvalue weighted by Gasteiger charge is -2.12. The topological polar surface area (TPSA) is 86.6 Å². The largest absolute Gasteiger partial charge is 0.507 e. The van der Waals surface area contributed by atoms with E-state index in [0.717, 1.165) is 0 Å². The van der Waals surface area contributed by atoms with Crippen LogP contribution in [0, 0.1) is 13.8 Å². The van der Waals surface area contributed by atoms with Gasteiger partial charge < -0.3 is 15.5 Å². The van der Waals surface area contributed by atoms with Crippen molar-refractivity contribution in [3.63, 3.8) is 0 Å². The van der Waals surface area contributed by atoms with E-state index in [1.165, 1.54) is 12.1 Å². The van der Waals surface area contributed by atoms with Crippen LogP contribution >= 0.6 is 0 Å². The standard InChI is InChI=1S/C16H15NO4/c1-9-5-3-7-11(16(20)21)13(9)17-15(19)12-8-4-6-10(2)14(12)18/h3-8,18H,1-2H3,(H,17,19)(H,20,21). The molecule has 108 valence electrons. The Morgan fingerprint density at radius 2 is 1.52 bits per heavy atom. The van der Waals surface area contributed by atoms with Crippen molar-refractivity contribution in [3.8, 4) is 5.75 Å². The summed E-state index contributed by atoms with van der Waals surface area (Å²) in [5.41, 5.74) is 1.56. The van der Waals surface area contributed by atoms with Gasteiger partial charge in [-0.15, -0.1) is 0 Å². The number of aryl methyl sites for hydroxylation is 2. The Balaban J connectivity index is 2.41. The number of phenolic OH excluding ortho intramolecular Hbond substituents is 1. The molecule has 0 aliphatic heterocycles. The average molecular weight is 285 g/mol. The molecular weight excluding hydrogens is 270 g/mol. The second-order valence-electron chi connectivity index (χ2n) is 4.73. The highest BCUT2D eigenvalue weighted by molar-refractivity contribution is 6.09.